The van der Waals surface area contributed by atoms with E-state index in [1.54, 1.807) is 42.5 Å². The molecule has 1 atom stereocenters. The summed E-state index contributed by atoms with van der Waals surface area (Å²) in [5.74, 6) is -0.0325. The van der Waals surface area contributed by atoms with Crippen molar-refractivity contribution in [2.45, 2.75) is 24.3 Å². The molecule has 0 unspecified atom stereocenters. The highest BCUT2D eigenvalue weighted by atomic mass is 32.2. The lowest BCUT2D eigenvalue weighted by atomic mass is 9.99. The summed E-state index contributed by atoms with van der Waals surface area (Å²) in [5, 5.41) is 4.43. The highest BCUT2D eigenvalue weighted by molar-refractivity contribution is 7.92. The Morgan fingerprint density at radius 1 is 1.03 bits per heavy atom. The maximum atomic E-state index is 14.0. The minimum Gasteiger partial charge on any atom is -0.497 e. The van der Waals surface area contributed by atoms with Crippen LogP contribution < -0.4 is 9.46 Å². The van der Waals surface area contributed by atoms with E-state index in [0.717, 1.165) is 4.41 Å². The largest absolute Gasteiger partial charge is 0.497 e. The second-order valence-corrected chi connectivity index (χ2v) is 11.7. The fourth-order valence-corrected chi connectivity index (χ4v) is 5.76. The van der Waals surface area contributed by atoms with Crippen molar-refractivity contribution in [3.63, 3.8) is 0 Å². The molecular weight excluding hydrogens is 493 g/mol. The van der Waals surface area contributed by atoms with Crippen molar-refractivity contribution >= 4 is 31.4 Å². The van der Waals surface area contributed by atoms with Gasteiger partial charge >= 0.3 is 0 Å². The average molecular weight is 518 g/mol. The normalized spacial score (nSPS) is 16.1. The smallest absolute Gasteiger partial charge is 0.279 e. The van der Waals surface area contributed by atoms with Gasteiger partial charge in [-0.25, -0.2) is 12.8 Å². The molecular formula is C24H24FN3O5S2. The molecule has 1 N–H and O–H groups in total. The minimum atomic E-state index is -4.07. The number of benzene rings is 3. The molecule has 0 saturated heterocycles. The van der Waals surface area contributed by atoms with E-state index in [1.165, 1.54) is 44.4 Å². The van der Waals surface area contributed by atoms with Crippen molar-refractivity contribution in [2.75, 3.05) is 17.6 Å². The predicted molar refractivity (Wildman–Crippen MR) is 132 cm³/mol. The number of nitrogens with zero attached hydrogens (tertiary/aromatic N) is 2. The standard InChI is InChI=1S/C24H24FN3O5S2/c1-3-34(29,30)27-20-9-7-17(8-10-20)23-16-24(18-5-4-6-19(25)15-18)28(26-23)35(31,32)22-13-11-21(33-2)12-14-22/h4-15,24,27H,3,16H2,1-2H3/t24-/m1/s1. The molecule has 4 rings (SSSR count). The lowest BCUT2D eigenvalue weighted by Crippen LogP contribution is -2.27. The molecule has 3 aromatic carbocycles. The Hall–Kier alpha value is -3.44. The van der Waals surface area contributed by atoms with E-state index in [-0.39, 0.29) is 17.1 Å². The molecule has 1 aliphatic rings. The molecule has 1 heterocycles. The van der Waals surface area contributed by atoms with Crippen LogP contribution in [0.1, 0.15) is 30.5 Å². The van der Waals surface area contributed by atoms with Gasteiger partial charge in [-0.15, -0.1) is 0 Å². The average Bonchev–Trinajstić information content (AvgIpc) is 3.31. The van der Waals surface area contributed by atoms with Crippen molar-refractivity contribution in [3.05, 3.63) is 89.7 Å². The summed E-state index contributed by atoms with van der Waals surface area (Å²) in [6.45, 7) is 1.54. The summed E-state index contributed by atoms with van der Waals surface area (Å²) in [6.07, 6.45) is 0.207. The van der Waals surface area contributed by atoms with Gasteiger partial charge in [-0.05, 0) is 66.6 Å². The number of halogens is 1. The van der Waals surface area contributed by atoms with E-state index in [0.29, 0.717) is 28.3 Å². The van der Waals surface area contributed by atoms with Crippen LogP contribution in [0.15, 0.2) is 82.8 Å². The Bertz CT molecular complexity index is 1460. The number of anilines is 1. The molecule has 0 aromatic heterocycles. The first-order valence-electron chi connectivity index (χ1n) is 10.8. The van der Waals surface area contributed by atoms with Crippen LogP contribution in [0.5, 0.6) is 5.75 Å². The first-order chi connectivity index (χ1) is 16.6. The van der Waals surface area contributed by atoms with Crippen molar-refractivity contribution in [1.82, 2.24) is 4.41 Å². The van der Waals surface area contributed by atoms with Gasteiger partial charge in [0.2, 0.25) is 10.0 Å². The van der Waals surface area contributed by atoms with Crippen molar-refractivity contribution < 1.29 is 26.0 Å². The van der Waals surface area contributed by atoms with Gasteiger partial charge in [0.15, 0.2) is 0 Å². The Morgan fingerprint density at radius 2 is 1.71 bits per heavy atom. The van der Waals surface area contributed by atoms with Gasteiger partial charge in [-0.2, -0.15) is 17.9 Å². The van der Waals surface area contributed by atoms with Crippen LogP contribution >= 0.6 is 0 Å². The molecule has 0 spiro atoms. The summed E-state index contributed by atoms with van der Waals surface area (Å²) in [6, 6.07) is 17.5. The maximum Gasteiger partial charge on any atom is 0.279 e. The summed E-state index contributed by atoms with van der Waals surface area (Å²) in [7, 11) is -6.02. The SMILES string of the molecule is CCS(=O)(=O)Nc1ccc(C2=NN(S(=O)(=O)c3ccc(OC)cc3)[C@@H](c3cccc(F)c3)C2)cc1. The molecule has 0 aliphatic carbocycles. The minimum absolute atomic E-state index is 0.0222. The Kier molecular flexibility index (Phi) is 6.82. The second kappa shape index (κ2) is 9.67. The molecule has 0 fully saturated rings. The van der Waals surface area contributed by atoms with E-state index in [9.17, 15) is 21.2 Å². The van der Waals surface area contributed by atoms with Gasteiger partial charge in [-0.1, -0.05) is 24.3 Å². The molecule has 11 heteroatoms. The van der Waals surface area contributed by atoms with Crippen LogP contribution in [-0.4, -0.2) is 39.8 Å². The van der Waals surface area contributed by atoms with Crippen LogP contribution in [0.2, 0.25) is 0 Å². The number of nitrogens with one attached hydrogen (secondary N) is 1. The first kappa shape index (κ1) is 24.7. The zero-order valence-electron chi connectivity index (χ0n) is 19.0. The van der Waals surface area contributed by atoms with Crippen molar-refractivity contribution in [1.29, 1.82) is 0 Å². The summed E-state index contributed by atoms with van der Waals surface area (Å²) in [4.78, 5) is 0.0222. The van der Waals surface area contributed by atoms with Gasteiger partial charge in [0, 0.05) is 12.1 Å². The van der Waals surface area contributed by atoms with Gasteiger partial charge in [-0.3, -0.25) is 4.72 Å². The molecule has 0 saturated carbocycles. The molecule has 3 aromatic rings. The topological polar surface area (TPSA) is 105 Å². The Labute approximate surface area is 204 Å². The van der Waals surface area contributed by atoms with Crippen LogP contribution in [0.25, 0.3) is 0 Å². The molecule has 184 valence electrons. The molecule has 0 radical (unpaired) electrons. The molecule has 35 heavy (non-hydrogen) atoms. The van der Waals surface area contributed by atoms with Gasteiger partial charge in [0.25, 0.3) is 10.0 Å². The molecule has 0 amide bonds. The quantitative estimate of drug-likeness (QED) is 0.484. The van der Waals surface area contributed by atoms with E-state index in [1.807, 2.05) is 0 Å². The molecule has 8 nitrogen and oxygen atoms in total. The third-order valence-electron chi connectivity index (χ3n) is 5.58. The fraction of sp³-hybridized carbons (Fsp3) is 0.208. The molecule has 1 aliphatic heterocycles. The lowest BCUT2D eigenvalue weighted by Gasteiger charge is -2.23. The highest BCUT2D eigenvalue weighted by Gasteiger charge is 2.38. The van der Waals surface area contributed by atoms with Crippen LogP contribution in [0.4, 0.5) is 10.1 Å². The first-order valence-corrected chi connectivity index (χ1v) is 13.8. The van der Waals surface area contributed by atoms with Crippen LogP contribution in [-0.2, 0) is 20.0 Å². The monoisotopic (exact) mass is 517 g/mol. The number of sulfonamides is 2. The Morgan fingerprint density at radius 3 is 2.31 bits per heavy atom. The third-order valence-corrected chi connectivity index (χ3v) is 8.58. The summed E-state index contributed by atoms with van der Waals surface area (Å²) in [5.41, 5.74) is 1.95. The van der Waals surface area contributed by atoms with Crippen LogP contribution in [0, 0.1) is 5.82 Å². The Balaban J connectivity index is 1.72. The van der Waals surface area contributed by atoms with Crippen LogP contribution in [0.3, 0.4) is 0 Å². The van der Waals surface area contributed by atoms with E-state index < -0.39 is 31.9 Å². The third kappa shape index (κ3) is 5.30. The number of ether oxygens (including phenoxy) is 1. The number of hydrazone groups is 1. The number of hydrogen-bond donors (Lipinski definition) is 1. The zero-order chi connectivity index (χ0) is 25.2. The van der Waals surface area contributed by atoms with Crippen molar-refractivity contribution in [2.24, 2.45) is 5.10 Å². The van der Waals surface area contributed by atoms with Crippen molar-refractivity contribution in [3.8, 4) is 5.75 Å². The highest BCUT2D eigenvalue weighted by Crippen LogP contribution is 2.37. The predicted octanol–water partition coefficient (Wildman–Crippen LogP) is 4.14. The lowest BCUT2D eigenvalue weighted by molar-refractivity contribution is 0.370. The maximum absolute atomic E-state index is 14.0. The van der Waals surface area contributed by atoms with Gasteiger partial charge in [0.05, 0.1) is 29.5 Å². The van der Waals surface area contributed by atoms with E-state index in [4.69, 9.17) is 4.74 Å². The zero-order valence-corrected chi connectivity index (χ0v) is 20.7. The van der Waals surface area contributed by atoms with Gasteiger partial charge in [0.1, 0.15) is 11.6 Å². The number of rotatable bonds is 8. The molecule has 0 bridgehead atoms. The second-order valence-electron chi connectivity index (χ2n) is 7.86. The number of hydrogen-bond acceptors (Lipinski definition) is 6. The van der Waals surface area contributed by atoms with Gasteiger partial charge < -0.3 is 4.74 Å². The number of methoxy groups -OCH3 is 1. The summed E-state index contributed by atoms with van der Waals surface area (Å²) < 4.78 is 73.3. The summed E-state index contributed by atoms with van der Waals surface area (Å²) >= 11 is 0. The fourth-order valence-electron chi connectivity index (χ4n) is 3.68. The van der Waals surface area contributed by atoms with E-state index in [2.05, 4.69) is 9.82 Å². The van der Waals surface area contributed by atoms with E-state index >= 15 is 0 Å².